The third-order valence-electron chi connectivity index (χ3n) is 5.48. The third kappa shape index (κ3) is 3.31. The fraction of sp³-hybridized carbons (Fsp3) is 0.364. The second-order valence-corrected chi connectivity index (χ2v) is 8.08. The van der Waals surface area contributed by atoms with Gasteiger partial charge in [-0.25, -0.2) is 0 Å². The molecule has 1 saturated heterocycles. The first-order valence-corrected chi connectivity index (χ1v) is 9.90. The zero-order valence-corrected chi connectivity index (χ0v) is 15.8. The minimum atomic E-state index is 0.621. The summed E-state index contributed by atoms with van der Waals surface area (Å²) in [5, 5.41) is 1.42. The van der Waals surface area contributed by atoms with E-state index in [0.29, 0.717) is 5.92 Å². The largest absolute Gasteiger partial charge is 0.496 e. The molecule has 1 fully saturated rings. The van der Waals surface area contributed by atoms with Crippen LogP contribution in [0, 0.1) is 6.92 Å². The Balaban J connectivity index is 1.44. The van der Waals surface area contributed by atoms with E-state index < -0.39 is 0 Å². The molecule has 0 bridgehead atoms. The summed E-state index contributed by atoms with van der Waals surface area (Å²) in [5.74, 6) is 1.66. The predicted molar refractivity (Wildman–Crippen MR) is 107 cm³/mol. The quantitative estimate of drug-likeness (QED) is 0.607. The number of aryl methyl sites for hydroxylation is 1. The summed E-state index contributed by atoms with van der Waals surface area (Å²) < 4.78 is 6.97. The second-order valence-electron chi connectivity index (χ2n) is 6.94. The van der Waals surface area contributed by atoms with Crippen LogP contribution in [0.1, 0.15) is 34.8 Å². The van der Waals surface area contributed by atoms with Crippen LogP contribution in [0.15, 0.2) is 48.5 Å². The third-order valence-corrected chi connectivity index (χ3v) is 6.73. The fourth-order valence-corrected chi connectivity index (χ4v) is 5.24. The van der Waals surface area contributed by atoms with Gasteiger partial charge in [-0.1, -0.05) is 36.4 Å². The van der Waals surface area contributed by atoms with Crippen LogP contribution < -0.4 is 4.74 Å². The Morgan fingerprint density at radius 2 is 1.76 bits per heavy atom. The molecular weight excluding hydrogens is 326 g/mol. The van der Waals surface area contributed by atoms with E-state index in [0.717, 1.165) is 25.4 Å². The van der Waals surface area contributed by atoms with Crippen LogP contribution in [0.2, 0.25) is 0 Å². The Hall–Kier alpha value is -1.84. The monoisotopic (exact) mass is 351 g/mol. The first-order valence-electron chi connectivity index (χ1n) is 9.08. The van der Waals surface area contributed by atoms with Gasteiger partial charge in [-0.3, -0.25) is 4.90 Å². The molecule has 2 heterocycles. The van der Waals surface area contributed by atoms with Gasteiger partial charge in [0.1, 0.15) is 5.75 Å². The van der Waals surface area contributed by atoms with Gasteiger partial charge in [0.05, 0.1) is 7.11 Å². The molecule has 0 spiro atoms. The van der Waals surface area contributed by atoms with Crippen LogP contribution in [0.25, 0.3) is 10.1 Å². The minimum absolute atomic E-state index is 0.621. The number of ether oxygens (including phenoxy) is 1. The maximum Gasteiger partial charge on any atom is 0.122 e. The van der Waals surface area contributed by atoms with Crippen LogP contribution in [-0.2, 0) is 6.54 Å². The van der Waals surface area contributed by atoms with Crippen molar-refractivity contribution in [3.8, 4) is 5.75 Å². The number of nitrogens with zero attached hydrogens (tertiary/aromatic N) is 1. The van der Waals surface area contributed by atoms with Gasteiger partial charge in [-0.15, -0.1) is 11.3 Å². The van der Waals surface area contributed by atoms with Crippen molar-refractivity contribution in [2.24, 2.45) is 0 Å². The average molecular weight is 352 g/mol. The number of methoxy groups -OCH3 is 1. The number of para-hydroxylation sites is 1. The lowest BCUT2D eigenvalue weighted by Crippen LogP contribution is -2.32. The van der Waals surface area contributed by atoms with Crippen LogP contribution in [0.3, 0.4) is 0 Å². The van der Waals surface area contributed by atoms with E-state index in [1.165, 1.54) is 38.9 Å². The maximum absolute atomic E-state index is 5.56. The highest BCUT2D eigenvalue weighted by Gasteiger charge is 2.23. The van der Waals surface area contributed by atoms with Gasteiger partial charge in [0.2, 0.25) is 0 Å². The van der Waals surface area contributed by atoms with Gasteiger partial charge in [0, 0.05) is 16.1 Å². The number of rotatable bonds is 4. The SMILES string of the molecule is COc1ccccc1C1CCN(Cc2sc3ccccc3c2C)CC1. The molecule has 0 saturated carbocycles. The van der Waals surface area contributed by atoms with Crippen molar-refractivity contribution in [2.45, 2.75) is 32.2 Å². The van der Waals surface area contributed by atoms with E-state index in [1.807, 2.05) is 11.3 Å². The van der Waals surface area contributed by atoms with Gasteiger partial charge in [0.15, 0.2) is 0 Å². The molecule has 25 heavy (non-hydrogen) atoms. The molecule has 0 atom stereocenters. The number of fused-ring (bicyclic) bond motifs is 1. The lowest BCUT2D eigenvalue weighted by Gasteiger charge is -2.32. The molecule has 2 aromatic carbocycles. The van der Waals surface area contributed by atoms with E-state index in [-0.39, 0.29) is 0 Å². The molecule has 0 N–H and O–H groups in total. The standard InChI is InChI=1S/C22H25NOS/c1-16-18-7-4-6-10-21(18)25-22(16)15-23-13-11-17(12-14-23)19-8-3-5-9-20(19)24-2/h3-10,17H,11-15H2,1-2H3. The molecule has 1 aliphatic heterocycles. The molecular formula is C22H25NOS. The first kappa shape index (κ1) is 16.6. The summed E-state index contributed by atoms with van der Waals surface area (Å²) in [6, 6.07) is 17.3. The van der Waals surface area contributed by atoms with Crippen LogP contribution >= 0.6 is 11.3 Å². The van der Waals surface area contributed by atoms with E-state index >= 15 is 0 Å². The number of hydrogen-bond donors (Lipinski definition) is 0. The number of benzene rings is 2. The van der Waals surface area contributed by atoms with Crippen LogP contribution in [0.4, 0.5) is 0 Å². The van der Waals surface area contributed by atoms with E-state index in [2.05, 4.69) is 60.4 Å². The Labute approximate surface area is 154 Å². The smallest absolute Gasteiger partial charge is 0.122 e. The summed E-state index contributed by atoms with van der Waals surface area (Å²) in [6.07, 6.45) is 2.43. The van der Waals surface area contributed by atoms with Crippen LogP contribution in [-0.4, -0.2) is 25.1 Å². The molecule has 4 rings (SSSR count). The number of piperidine rings is 1. The normalized spacial score (nSPS) is 16.4. The lowest BCUT2D eigenvalue weighted by atomic mass is 9.89. The van der Waals surface area contributed by atoms with Crippen molar-refractivity contribution >= 4 is 21.4 Å². The lowest BCUT2D eigenvalue weighted by molar-refractivity contribution is 0.204. The topological polar surface area (TPSA) is 12.5 Å². The van der Waals surface area contributed by atoms with E-state index in [4.69, 9.17) is 4.74 Å². The maximum atomic E-state index is 5.56. The van der Waals surface area contributed by atoms with E-state index in [1.54, 1.807) is 7.11 Å². The molecule has 0 aliphatic carbocycles. The molecule has 130 valence electrons. The number of thiophene rings is 1. The molecule has 2 nitrogen and oxygen atoms in total. The van der Waals surface area contributed by atoms with Gasteiger partial charge in [0.25, 0.3) is 0 Å². The Morgan fingerprint density at radius 3 is 2.52 bits per heavy atom. The van der Waals surface area contributed by atoms with Crippen molar-refractivity contribution < 1.29 is 4.74 Å². The van der Waals surface area contributed by atoms with Gasteiger partial charge < -0.3 is 4.74 Å². The molecule has 1 aliphatic rings. The average Bonchev–Trinajstić information content (AvgIpc) is 2.98. The zero-order chi connectivity index (χ0) is 17.2. The molecule has 1 aromatic heterocycles. The number of likely N-dealkylation sites (tertiary alicyclic amines) is 1. The second kappa shape index (κ2) is 7.19. The Morgan fingerprint density at radius 1 is 1.04 bits per heavy atom. The van der Waals surface area contributed by atoms with Crippen molar-refractivity contribution in [2.75, 3.05) is 20.2 Å². The summed E-state index contributed by atoms with van der Waals surface area (Å²) in [5.41, 5.74) is 2.84. The van der Waals surface area contributed by atoms with Crippen LogP contribution in [0.5, 0.6) is 5.75 Å². The Bertz CT molecular complexity index is 861. The van der Waals surface area contributed by atoms with Crippen molar-refractivity contribution in [3.05, 3.63) is 64.5 Å². The summed E-state index contributed by atoms with van der Waals surface area (Å²) in [6.45, 7) is 5.69. The first-order chi connectivity index (χ1) is 12.3. The highest BCUT2D eigenvalue weighted by Crippen LogP contribution is 2.36. The highest BCUT2D eigenvalue weighted by molar-refractivity contribution is 7.19. The van der Waals surface area contributed by atoms with Crippen molar-refractivity contribution in [3.63, 3.8) is 0 Å². The van der Waals surface area contributed by atoms with Gasteiger partial charge in [-0.05, 0) is 67.4 Å². The molecule has 0 radical (unpaired) electrons. The molecule has 0 unspecified atom stereocenters. The van der Waals surface area contributed by atoms with Crippen molar-refractivity contribution in [1.82, 2.24) is 4.90 Å². The highest BCUT2D eigenvalue weighted by atomic mass is 32.1. The van der Waals surface area contributed by atoms with Crippen molar-refractivity contribution in [1.29, 1.82) is 0 Å². The molecule has 3 aromatic rings. The summed E-state index contributed by atoms with van der Waals surface area (Å²) >= 11 is 1.96. The summed E-state index contributed by atoms with van der Waals surface area (Å²) in [4.78, 5) is 4.14. The summed E-state index contributed by atoms with van der Waals surface area (Å²) in [7, 11) is 1.78. The Kier molecular flexibility index (Phi) is 4.78. The molecule has 3 heteroatoms. The van der Waals surface area contributed by atoms with E-state index in [9.17, 15) is 0 Å². The number of hydrogen-bond acceptors (Lipinski definition) is 3. The minimum Gasteiger partial charge on any atom is -0.496 e. The predicted octanol–water partition coefficient (Wildman–Crippen LogP) is 5.60. The molecule has 0 amide bonds. The van der Waals surface area contributed by atoms with Gasteiger partial charge in [-0.2, -0.15) is 0 Å². The fourth-order valence-electron chi connectivity index (χ4n) is 3.98. The zero-order valence-electron chi connectivity index (χ0n) is 15.0. The van der Waals surface area contributed by atoms with Gasteiger partial charge >= 0.3 is 0 Å².